The zero-order valence-electron chi connectivity index (χ0n) is 15.4. The largest absolute Gasteiger partial charge is 0.325 e. The molecule has 140 valence electrons. The fraction of sp³-hybridized carbons (Fsp3) is 0.238. The molecule has 27 heavy (non-hydrogen) atoms. The lowest BCUT2D eigenvalue weighted by molar-refractivity contribution is -0.115. The van der Waals surface area contributed by atoms with E-state index in [4.69, 9.17) is 28.2 Å². The molecular weight excluding hydrogens is 399 g/mol. The summed E-state index contributed by atoms with van der Waals surface area (Å²) in [6.07, 6.45) is 0.370. The number of aromatic nitrogens is 1. The maximum Gasteiger partial charge on any atom is 0.225 e. The quantitative estimate of drug-likeness (QED) is 0.475. The molecule has 0 saturated heterocycles. The van der Waals surface area contributed by atoms with Crippen molar-refractivity contribution in [1.82, 2.24) is 4.98 Å². The van der Waals surface area contributed by atoms with Crippen molar-refractivity contribution in [3.63, 3.8) is 0 Å². The Morgan fingerprint density at radius 1 is 1.07 bits per heavy atom. The van der Waals surface area contributed by atoms with Crippen molar-refractivity contribution in [2.45, 2.75) is 32.2 Å². The summed E-state index contributed by atoms with van der Waals surface area (Å²) >= 11 is 13.5. The number of pyridine rings is 1. The fourth-order valence-electron chi connectivity index (χ4n) is 2.94. The summed E-state index contributed by atoms with van der Waals surface area (Å²) in [6.45, 7) is 6.28. The normalized spacial score (nSPS) is 11.0. The van der Waals surface area contributed by atoms with E-state index in [1.54, 1.807) is 30.0 Å². The van der Waals surface area contributed by atoms with E-state index in [-0.39, 0.29) is 5.91 Å². The number of thioether (sulfide) groups is 1. The Balaban J connectivity index is 1.64. The third kappa shape index (κ3) is 4.95. The zero-order chi connectivity index (χ0) is 19.6. The first-order valence-corrected chi connectivity index (χ1v) is 10.3. The molecule has 2 aromatic carbocycles. The van der Waals surface area contributed by atoms with E-state index in [1.165, 1.54) is 22.1 Å². The summed E-state index contributed by atoms with van der Waals surface area (Å²) < 4.78 is 0. The van der Waals surface area contributed by atoms with Crippen molar-refractivity contribution in [3.8, 4) is 0 Å². The molecule has 0 atom stereocenters. The molecule has 0 aliphatic carbocycles. The SMILES string of the molecule is Cc1cc(C)c2nc(SCCC(=O)Nc3ccc(Cl)cc3Cl)cc(C)c2c1. The molecule has 0 aliphatic rings. The molecule has 3 rings (SSSR count). The van der Waals surface area contributed by atoms with Crippen molar-refractivity contribution < 1.29 is 4.79 Å². The Morgan fingerprint density at radius 3 is 2.59 bits per heavy atom. The number of halogens is 2. The lowest BCUT2D eigenvalue weighted by Crippen LogP contribution is -2.12. The highest BCUT2D eigenvalue weighted by Gasteiger charge is 2.09. The summed E-state index contributed by atoms with van der Waals surface area (Å²) in [4.78, 5) is 17.0. The van der Waals surface area contributed by atoms with Crippen LogP contribution in [0.15, 0.2) is 41.4 Å². The molecule has 0 fully saturated rings. The molecule has 0 saturated carbocycles. The molecule has 0 radical (unpaired) electrons. The molecule has 1 heterocycles. The number of hydrogen-bond donors (Lipinski definition) is 1. The van der Waals surface area contributed by atoms with E-state index in [0.29, 0.717) is 27.9 Å². The van der Waals surface area contributed by atoms with Crippen LogP contribution in [0.4, 0.5) is 5.69 Å². The van der Waals surface area contributed by atoms with Crippen molar-refractivity contribution in [3.05, 3.63) is 63.1 Å². The van der Waals surface area contributed by atoms with Gasteiger partial charge in [-0.2, -0.15) is 0 Å². The number of benzene rings is 2. The third-order valence-electron chi connectivity index (χ3n) is 4.22. The highest BCUT2D eigenvalue weighted by Crippen LogP contribution is 2.28. The molecule has 3 nitrogen and oxygen atoms in total. The van der Waals surface area contributed by atoms with E-state index >= 15 is 0 Å². The molecule has 1 amide bonds. The Kier molecular flexibility index (Phi) is 6.30. The summed E-state index contributed by atoms with van der Waals surface area (Å²) in [6, 6.07) is 11.4. The first-order chi connectivity index (χ1) is 12.8. The molecule has 1 aromatic heterocycles. The number of nitrogens with one attached hydrogen (secondary N) is 1. The molecule has 0 aliphatic heterocycles. The predicted molar refractivity (Wildman–Crippen MR) is 116 cm³/mol. The van der Waals surface area contributed by atoms with Crippen LogP contribution in [0.3, 0.4) is 0 Å². The minimum atomic E-state index is -0.0870. The average Bonchev–Trinajstić information content (AvgIpc) is 2.58. The fourth-order valence-corrected chi connectivity index (χ4v) is 4.31. The second kappa shape index (κ2) is 8.51. The van der Waals surface area contributed by atoms with E-state index < -0.39 is 0 Å². The second-order valence-electron chi connectivity index (χ2n) is 6.53. The molecule has 0 bridgehead atoms. The maximum atomic E-state index is 12.2. The standard InChI is InChI=1S/C21H20Cl2N2OS/c1-12-8-14(3)21-16(9-12)13(2)10-20(25-21)27-7-6-19(26)24-18-5-4-15(22)11-17(18)23/h4-5,8-11H,6-7H2,1-3H3,(H,24,26). The minimum Gasteiger partial charge on any atom is -0.325 e. The van der Waals surface area contributed by atoms with Gasteiger partial charge >= 0.3 is 0 Å². The molecule has 0 unspecified atom stereocenters. The van der Waals surface area contributed by atoms with Crippen LogP contribution in [0.1, 0.15) is 23.1 Å². The zero-order valence-corrected chi connectivity index (χ0v) is 17.7. The maximum absolute atomic E-state index is 12.2. The van der Waals surface area contributed by atoms with Crippen LogP contribution in [0, 0.1) is 20.8 Å². The van der Waals surface area contributed by atoms with Crippen LogP contribution in [0.2, 0.25) is 10.0 Å². The Bertz CT molecular complexity index is 1020. The number of fused-ring (bicyclic) bond motifs is 1. The Hall–Kier alpha value is -1.75. The number of carbonyl (C=O) groups is 1. The number of hydrogen-bond acceptors (Lipinski definition) is 3. The number of rotatable bonds is 5. The Labute approximate surface area is 173 Å². The van der Waals surface area contributed by atoms with Crippen LogP contribution in [-0.2, 0) is 4.79 Å². The first kappa shape index (κ1) is 20.0. The summed E-state index contributed by atoms with van der Waals surface area (Å²) in [7, 11) is 0. The number of amides is 1. The van der Waals surface area contributed by atoms with Gasteiger partial charge in [0.25, 0.3) is 0 Å². The first-order valence-electron chi connectivity index (χ1n) is 8.60. The van der Waals surface area contributed by atoms with E-state index in [2.05, 4.69) is 44.3 Å². The van der Waals surface area contributed by atoms with Crippen molar-refractivity contribution in [1.29, 1.82) is 0 Å². The number of anilines is 1. The van der Waals surface area contributed by atoms with Gasteiger partial charge in [-0.1, -0.05) is 34.8 Å². The van der Waals surface area contributed by atoms with Gasteiger partial charge in [0.1, 0.15) is 0 Å². The smallest absolute Gasteiger partial charge is 0.225 e. The van der Waals surface area contributed by atoms with Crippen molar-refractivity contribution >= 4 is 57.5 Å². The number of aryl methyl sites for hydroxylation is 3. The lowest BCUT2D eigenvalue weighted by Gasteiger charge is -2.10. The van der Waals surface area contributed by atoms with Crippen molar-refractivity contribution in [2.24, 2.45) is 0 Å². The number of nitrogens with zero attached hydrogens (tertiary/aromatic N) is 1. The van der Waals surface area contributed by atoms with Gasteiger partial charge in [0, 0.05) is 22.6 Å². The summed E-state index contributed by atoms with van der Waals surface area (Å²) in [5.41, 5.74) is 5.21. The van der Waals surface area contributed by atoms with E-state index in [9.17, 15) is 4.79 Å². The van der Waals surface area contributed by atoms with Crippen LogP contribution in [-0.4, -0.2) is 16.6 Å². The monoisotopic (exact) mass is 418 g/mol. The molecule has 1 N–H and O–H groups in total. The molecule has 3 aromatic rings. The van der Waals surface area contributed by atoms with E-state index in [1.807, 2.05) is 0 Å². The highest BCUT2D eigenvalue weighted by molar-refractivity contribution is 7.99. The van der Waals surface area contributed by atoms with Gasteiger partial charge in [-0.3, -0.25) is 4.79 Å². The van der Waals surface area contributed by atoms with Gasteiger partial charge in [0.15, 0.2) is 0 Å². The van der Waals surface area contributed by atoms with Gasteiger partial charge in [-0.05, 0) is 62.2 Å². The lowest BCUT2D eigenvalue weighted by atomic mass is 10.0. The van der Waals surface area contributed by atoms with E-state index in [0.717, 1.165) is 10.5 Å². The molecule has 0 spiro atoms. The van der Waals surface area contributed by atoms with Crippen LogP contribution < -0.4 is 5.32 Å². The molecule has 6 heteroatoms. The van der Waals surface area contributed by atoms with Gasteiger partial charge < -0.3 is 5.32 Å². The number of carbonyl (C=O) groups excluding carboxylic acids is 1. The average molecular weight is 419 g/mol. The third-order valence-corrected chi connectivity index (χ3v) is 5.68. The van der Waals surface area contributed by atoms with Crippen molar-refractivity contribution in [2.75, 3.05) is 11.1 Å². The topological polar surface area (TPSA) is 42.0 Å². The Morgan fingerprint density at radius 2 is 1.85 bits per heavy atom. The predicted octanol–water partition coefficient (Wildman–Crippen LogP) is 6.59. The van der Waals surface area contributed by atoms with Gasteiger partial charge in [-0.25, -0.2) is 4.98 Å². The summed E-state index contributed by atoms with van der Waals surface area (Å²) in [5, 5.41) is 5.91. The van der Waals surface area contributed by atoms with Gasteiger partial charge in [0.2, 0.25) is 5.91 Å². The van der Waals surface area contributed by atoms with Crippen LogP contribution in [0.25, 0.3) is 10.9 Å². The van der Waals surface area contributed by atoms with Crippen LogP contribution in [0.5, 0.6) is 0 Å². The molecular formula is C21H20Cl2N2OS. The van der Waals surface area contributed by atoms with Gasteiger partial charge in [-0.15, -0.1) is 11.8 Å². The van der Waals surface area contributed by atoms with Crippen LogP contribution >= 0.6 is 35.0 Å². The summed E-state index contributed by atoms with van der Waals surface area (Å²) in [5.74, 6) is 0.552. The highest BCUT2D eigenvalue weighted by atomic mass is 35.5. The van der Waals surface area contributed by atoms with Gasteiger partial charge in [0.05, 0.1) is 21.3 Å². The minimum absolute atomic E-state index is 0.0870. The second-order valence-corrected chi connectivity index (χ2v) is 8.49.